The summed E-state index contributed by atoms with van der Waals surface area (Å²) in [6.07, 6.45) is 3.74. The summed E-state index contributed by atoms with van der Waals surface area (Å²) in [6, 6.07) is 20.8. The Morgan fingerprint density at radius 2 is 1.90 bits per heavy atom. The van der Waals surface area contributed by atoms with Crippen molar-refractivity contribution in [1.29, 1.82) is 0 Å². The topological polar surface area (TPSA) is 29.9 Å². The first kappa shape index (κ1) is 13.4. The van der Waals surface area contributed by atoms with Gasteiger partial charge in [-0.2, -0.15) is 5.10 Å². The minimum Gasteiger partial charge on any atom is -0.384 e. The third-order valence-corrected chi connectivity index (χ3v) is 3.60. The Morgan fingerprint density at radius 3 is 2.67 bits per heavy atom. The van der Waals surface area contributed by atoms with E-state index in [1.807, 2.05) is 23.0 Å². The monoisotopic (exact) mass is 277 g/mol. The van der Waals surface area contributed by atoms with Crippen LogP contribution in [0.3, 0.4) is 0 Å². The molecule has 0 aliphatic rings. The number of anilines is 1. The number of hydrogen-bond donors (Lipinski definition) is 1. The van der Waals surface area contributed by atoms with E-state index in [2.05, 4.69) is 65.9 Å². The maximum atomic E-state index is 4.26. The second kappa shape index (κ2) is 6.27. The molecular weight excluding hydrogens is 258 g/mol. The Morgan fingerprint density at radius 1 is 1.05 bits per heavy atom. The predicted octanol–water partition coefficient (Wildman–Crippen LogP) is 4.09. The molecule has 0 saturated heterocycles. The van der Waals surface area contributed by atoms with Gasteiger partial charge in [-0.05, 0) is 35.7 Å². The molecule has 0 aliphatic heterocycles. The maximum Gasteiger partial charge on any atom is 0.0666 e. The van der Waals surface area contributed by atoms with Crippen molar-refractivity contribution in [3.05, 3.63) is 78.6 Å². The molecule has 0 aliphatic carbocycles. The lowest BCUT2D eigenvalue weighted by Gasteiger charge is -2.14. The van der Waals surface area contributed by atoms with Gasteiger partial charge < -0.3 is 5.32 Å². The molecule has 0 spiro atoms. The van der Waals surface area contributed by atoms with Gasteiger partial charge in [-0.25, -0.2) is 4.68 Å². The summed E-state index contributed by atoms with van der Waals surface area (Å²) in [6.45, 7) is 3.15. The highest BCUT2D eigenvalue weighted by Crippen LogP contribution is 2.18. The Balaban J connectivity index is 1.67. The first-order chi connectivity index (χ1) is 10.3. The minimum absolute atomic E-state index is 0.472. The van der Waals surface area contributed by atoms with E-state index in [1.54, 1.807) is 6.20 Å². The Bertz CT molecular complexity index is 675. The van der Waals surface area contributed by atoms with Crippen LogP contribution in [0, 0.1) is 0 Å². The number of rotatable bonds is 5. The smallest absolute Gasteiger partial charge is 0.0666 e. The van der Waals surface area contributed by atoms with Crippen molar-refractivity contribution in [1.82, 2.24) is 9.78 Å². The van der Waals surface area contributed by atoms with E-state index < -0.39 is 0 Å². The van der Waals surface area contributed by atoms with Crippen LogP contribution in [0.5, 0.6) is 0 Å². The van der Waals surface area contributed by atoms with Crippen molar-refractivity contribution in [2.45, 2.75) is 12.8 Å². The first-order valence-corrected chi connectivity index (χ1v) is 7.22. The molecule has 3 rings (SSSR count). The molecule has 0 bridgehead atoms. The van der Waals surface area contributed by atoms with Gasteiger partial charge in [0.1, 0.15) is 0 Å². The van der Waals surface area contributed by atoms with Crippen LogP contribution >= 0.6 is 0 Å². The lowest BCUT2D eigenvalue weighted by atomic mass is 10.0. The van der Waals surface area contributed by atoms with Crippen LogP contribution in [-0.2, 0) is 0 Å². The van der Waals surface area contributed by atoms with Gasteiger partial charge in [0.15, 0.2) is 0 Å². The van der Waals surface area contributed by atoms with Crippen molar-refractivity contribution in [2.24, 2.45) is 0 Å². The fourth-order valence-corrected chi connectivity index (χ4v) is 2.35. The van der Waals surface area contributed by atoms with Gasteiger partial charge in [0.2, 0.25) is 0 Å². The zero-order chi connectivity index (χ0) is 14.5. The fourth-order valence-electron chi connectivity index (χ4n) is 2.35. The summed E-state index contributed by atoms with van der Waals surface area (Å²) in [5.74, 6) is 0.472. The summed E-state index contributed by atoms with van der Waals surface area (Å²) < 4.78 is 1.87. The predicted molar refractivity (Wildman–Crippen MR) is 86.9 cm³/mol. The van der Waals surface area contributed by atoms with Gasteiger partial charge in [0.05, 0.1) is 5.69 Å². The van der Waals surface area contributed by atoms with E-state index in [0.717, 1.165) is 17.9 Å². The van der Waals surface area contributed by atoms with Crippen LogP contribution in [0.15, 0.2) is 73.1 Å². The quantitative estimate of drug-likeness (QED) is 0.761. The molecule has 0 saturated carbocycles. The molecule has 106 valence electrons. The van der Waals surface area contributed by atoms with Gasteiger partial charge in [0.25, 0.3) is 0 Å². The number of aromatic nitrogens is 2. The van der Waals surface area contributed by atoms with E-state index in [1.165, 1.54) is 5.56 Å². The third-order valence-electron chi connectivity index (χ3n) is 3.60. The van der Waals surface area contributed by atoms with Gasteiger partial charge in [-0.1, -0.05) is 43.3 Å². The molecule has 0 fully saturated rings. The third kappa shape index (κ3) is 3.31. The van der Waals surface area contributed by atoms with Crippen LogP contribution in [0.2, 0.25) is 0 Å². The van der Waals surface area contributed by atoms with E-state index in [-0.39, 0.29) is 0 Å². The second-order valence-corrected chi connectivity index (χ2v) is 5.19. The van der Waals surface area contributed by atoms with Crippen LogP contribution in [0.1, 0.15) is 18.4 Å². The fraction of sp³-hybridized carbons (Fsp3) is 0.167. The molecule has 3 nitrogen and oxygen atoms in total. The maximum absolute atomic E-state index is 4.26. The van der Waals surface area contributed by atoms with Crippen LogP contribution in [-0.4, -0.2) is 16.3 Å². The molecule has 1 heterocycles. The average Bonchev–Trinajstić information content (AvgIpc) is 3.08. The summed E-state index contributed by atoms with van der Waals surface area (Å²) in [5.41, 5.74) is 3.54. The van der Waals surface area contributed by atoms with Crippen molar-refractivity contribution in [2.75, 3.05) is 11.9 Å². The summed E-state index contributed by atoms with van der Waals surface area (Å²) >= 11 is 0. The van der Waals surface area contributed by atoms with E-state index in [0.29, 0.717) is 5.92 Å². The SMILES string of the molecule is CC(CNc1cccc(-n2cccn2)c1)c1ccccc1. The van der Waals surface area contributed by atoms with Crippen molar-refractivity contribution in [3.63, 3.8) is 0 Å². The highest BCUT2D eigenvalue weighted by atomic mass is 15.3. The summed E-state index contributed by atoms with van der Waals surface area (Å²) in [4.78, 5) is 0. The standard InChI is InChI=1S/C18H19N3/c1-15(16-7-3-2-4-8-16)14-19-17-9-5-10-18(13-17)21-12-6-11-20-21/h2-13,15,19H,14H2,1H3. The van der Waals surface area contributed by atoms with Crippen LogP contribution in [0.25, 0.3) is 5.69 Å². The van der Waals surface area contributed by atoms with Crippen molar-refractivity contribution >= 4 is 5.69 Å². The highest BCUT2D eigenvalue weighted by molar-refractivity contribution is 5.51. The van der Waals surface area contributed by atoms with Gasteiger partial charge in [0, 0.05) is 24.6 Å². The molecule has 21 heavy (non-hydrogen) atoms. The van der Waals surface area contributed by atoms with Gasteiger partial charge in [-0.3, -0.25) is 0 Å². The van der Waals surface area contributed by atoms with Crippen molar-refractivity contribution in [3.8, 4) is 5.69 Å². The van der Waals surface area contributed by atoms with Gasteiger partial charge in [-0.15, -0.1) is 0 Å². The number of benzene rings is 2. The lowest BCUT2D eigenvalue weighted by Crippen LogP contribution is -2.10. The Labute approximate surface area is 125 Å². The summed E-state index contributed by atoms with van der Waals surface area (Å²) in [5, 5.41) is 7.76. The Kier molecular flexibility index (Phi) is 4.01. The molecule has 2 aromatic carbocycles. The molecule has 1 N–H and O–H groups in total. The number of nitrogens with one attached hydrogen (secondary N) is 1. The van der Waals surface area contributed by atoms with E-state index in [9.17, 15) is 0 Å². The normalized spacial score (nSPS) is 12.0. The zero-order valence-corrected chi connectivity index (χ0v) is 12.1. The molecule has 3 aromatic rings. The largest absolute Gasteiger partial charge is 0.384 e. The van der Waals surface area contributed by atoms with E-state index >= 15 is 0 Å². The number of nitrogens with zero attached hydrogens (tertiary/aromatic N) is 2. The molecule has 1 atom stereocenters. The first-order valence-electron chi connectivity index (χ1n) is 7.22. The highest BCUT2D eigenvalue weighted by Gasteiger charge is 2.05. The second-order valence-electron chi connectivity index (χ2n) is 5.19. The zero-order valence-electron chi connectivity index (χ0n) is 12.1. The molecule has 0 amide bonds. The summed E-state index contributed by atoms with van der Waals surface area (Å²) in [7, 11) is 0. The van der Waals surface area contributed by atoms with Crippen LogP contribution in [0.4, 0.5) is 5.69 Å². The van der Waals surface area contributed by atoms with E-state index in [4.69, 9.17) is 0 Å². The average molecular weight is 277 g/mol. The molecule has 1 unspecified atom stereocenters. The van der Waals surface area contributed by atoms with Crippen LogP contribution < -0.4 is 5.32 Å². The number of hydrogen-bond acceptors (Lipinski definition) is 2. The lowest BCUT2D eigenvalue weighted by molar-refractivity contribution is 0.804. The molecule has 1 aromatic heterocycles. The minimum atomic E-state index is 0.472. The van der Waals surface area contributed by atoms with Crippen molar-refractivity contribution < 1.29 is 0 Å². The molecule has 0 radical (unpaired) electrons. The molecule has 3 heteroatoms. The molecular formula is C18H19N3. The Hall–Kier alpha value is -2.55. The van der Waals surface area contributed by atoms with Gasteiger partial charge >= 0.3 is 0 Å².